The minimum atomic E-state index is -0.205. The molecule has 0 bridgehead atoms. The van der Waals surface area contributed by atoms with E-state index < -0.39 is 0 Å². The normalized spacial score (nSPS) is 25.8. The smallest absolute Gasteiger partial charge is 0.271 e. The Bertz CT molecular complexity index is 1050. The zero-order valence-corrected chi connectivity index (χ0v) is 19.4. The molecule has 2 saturated heterocycles. The third kappa shape index (κ3) is 3.96. The minimum absolute atomic E-state index is 0.0403. The van der Waals surface area contributed by atoms with Gasteiger partial charge in [-0.15, -0.1) is 0 Å². The predicted octanol–water partition coefficient (Wildman–Crippen LogP) is 4.58. The number of aromatic amines is 1. The molecule has 2 atom stereocenters. The summed E-state index contributed by atoms with van der Waals surface area (Å²) in [4.78, 5) is 25.2. The first-order chi connectivity index (χ1) is 14.9. The number of pyridine rings is 1. The van der Waals surface area contributed by atoms with Crippen molar-refractivity contribution in [2.75, 3.05) is 24.6 Å². The average molecular weight is 442 g/mol. The van der Waals surface area contributed by atoms with Gasteiger partial charge < -0.3 is 9.64 Å². The maximum absolute atomic E-state index is 13.2. The van der Waals surface area contributed by atoms with Crippen molar-refractivity contribution in [3.63, 3.8) is 0 Å². The summed E-state index contributed by atoms with van der Waals surface area (Å²) in [6, 6.07) is 4.29. The van der Waals surface area contributed by atoms with E-state index in [4.69, 9.17) is 14.7 Å². The van der Waals surface area contributed by atoms with Crippen LogP contribution in [-0.2, 0) is 4.74 Å². The maximum Gasteiger partial charge on any atom is 0.271 e. The van der Waals surface area contributed by atoms with Crippen LogP contribution in [0.2, 0.25) is 0 Å². The van der Waals surface area contributed by atoms with Gasteiger partial charge in [0.05, 0.1) is 27.5 Å². The number of thioether (sulfide) groups is 1. The van der Waals surface area contributed by atoms with Crippen molar-refractivity contribution in [3.8, 4) is 0 Å². The first-order valence-corrected chi connectivity index (χ1v) is 12.2. The molecule has 0 amide bonds. The Kier molecular flexibility index (Phi) is 5.46. The van der Waals surface area contributed by atoms with E-state index >= 15 is 0 Å². The van der Waals surface area contributed by atoms with E-state index in [1.165, 1.54) is 19.3 Å². The number of nitrogens with one attached hydrogen (secondary N) is 1. The van der Waals surface area contributed by atoms with Crippen LogP contribution in [0.3, 0.4) is 0 Å². The molecule has 5 heterocycles. The Hall–Kier alpha value is -2.06. The fourth-order valence-corrected chi connectivity index (χ4v) is 6.22. The van der Waals surface area contributed by atoms with Gasteiger partial charge in [-0.3, -0.25) is 14.6 Å². The fourth-order valence-electron chi connectivity index (χ4n) is 5.10. The quantitative estimate of drug-likeness (QED) is 0.755. The highest BCUT2D eigenvalue weighted by Gasteiger charge is 2.37. The van der Waals surface area contributed by atoms with Crippen LogP contribution in [0, 0.1) is 0 Å². The lowest BCUT2D eigenvalue weighted by Gasteiger charge is -2.36. The van der Waals surface area contributed by atoms with E-state index in [2.05, 4.69) is 29.9 Å². The molecule has 5 rings (SSSR count). The van der Waals surface area contributed by atoms with Crippen LogP contribution in [0.5, 0.6) is 0 Å². The van der Waals surface area contributed by atoms with Crippen molar-refractivity contribution in [1.29, 1.82) is 0 Å². The van der Waals surface area contributed by atoms with E-state index in [1.54, 1.807) is 11.8 Å². The second-order valence-corrected chi connectivity index (χ2v) is 10.7. The summed E-state index contributed by atoms with van der Waals surface area (Å²) < 4.78 is 7.91. The molecular formula is C23H31N5O2S. The zero-order valence-electron chi connectivity index (χ0n) is 18.6. The number of aliphatic imine (C=N–C) groups is 1. The lowest BCUT2D eigenvalue weighted by Crippen LogP contribution is -2.35. The summed E-state index contributed by atoms with van der Waals surface area (Å²) in [5.41, 5.74) is 1.62. The van der Waals surface area contributed by atoms with Crippen LogP contribution in [0.15, 0.2) is 28.1 Å². The largest absolute Gasteiger partial charge is 0.375 e. The van der Waals surface area contributed by atoms with E-state index in [0.29, 0.717) is 6.61 Å². The van der Waals surface area contributed by atoms with Gasteiger partial charge in [0.25, 0.3) is 5.56 Å². The average Bonchev–Trinajstić information content (AvgIpc) is 3.09. The second-order valence-electron chi connectivity index (χ2n) is 9.40. The third-order valence-corrected chi connectivity index (χ3v) is 7.70. The number of piperidine rings is 1. The van der Waals surface area contributed by atoms with Gasteiger partial charge in [0.2, 0.25) is 0 Å². The molecule has 2 aromatic heterocycles. The highest BCUT2D eigenvalue weighted by Crippen LogP contribution is 2.47. The van der Waals surface area contributed by atoms with Crippen LogP contribution < -0.4 is 10.5 Å². The number of H-pyrrole nitrogens is 1. The molecule has 0 unspecified atom stereocenters. The maximum atomic E-state index is 13.2. The summed E-state index contributed by atoms with van der Waals surface area (Å²) >= 11 is 1.66. The Labute approximate surface area is 187 Å². The Morgan fingerprint density at radius 1 is 1.26 bits per heavy atom. The molecule has 0 saturated carbocycles. The summed E-state index contributed by atoms with van der Waals surface area (Å²) in [6.07, 6.45) is 7.24. The van der Waals surface area contributed by atoms with Crippen LogP contribution in [-0.4, -0.2) is 45.1 Å². The number of anilines is 1. The summed E-state index contributed by atoms with van der Waals surface area (Å²) in [5, 5.41) is 4.01. The van der Waals surface area contributed by atoms with Gasteiger partial charge in [0.15, 0.2) is 5.82 Å². The summed E-state index contributed by atoms with van der Waals surface area (Å²) in [5.74, 6) is 1.79. The van der Waals surface area contributed by atoms with Crippen LogP contribution >= 0.6 is 11.8 Å². The van der Waals surface area contributed by atoms with Gasteiger partial charge in [-0.2, -0.15) is 0 Å². The predicted molar refractivity (Wildman–Crippen MR) is 126 cm³/mol. The molecule has 3 aliphatic heterocycles. The van der Waals surface area contributed by atoms with Crippen molar-refractivity contribution in [3.05, 3.63) is 39.8 Å². The number of nitrogens with zero attached hydrogens (tertiary/aromatic N) is 4. The minimum Gasteiger partial charge on any atom is -0.375 e. The van der Waals surface area contributed by atoms with Gasteiger partial charge in [0, 0.05) is 31.5 Å². The number of rotatable bonds is 3. The molecule has 166 valence electrons. The van der Waals surface area contributed by atoms with Gasteiger partial charge >= 0.3 is 0 Å². The number of ether oxygens (including phenoxy) is 1. The van der Waals surface area contributed by atoms with E-state index in [0.717, 1.165) is 53.7 Å². The SMILES string of the molecule is CC1=Nc2c(c(=O)[nH]n2[C@@H]2CCOC(C)(C)C2)[C@@H](c2cccnc2N2CCCCC2)S1. The highest BCUT2D eigenvalue weighted by atomic mass is 32.2. The van der Waals surface area contributed by atoms with Crippen molar-refractivity contribution in [1.82, 2.24) is 14.8 Å². The summed E-state index contributed by atoms with van der Waals surface area (Å²) in [7, 11) is 0. The van der Waals surface area contributed by atoms with E-state index in [-0.39, 0.29) is 22.5 Å². The van der Waals surface area contributed by atoms with Crippen LogP contribution in [0.1, 0.15) is 75.3 Å². The lowest BCUT2D eigenvalue weighted by molar-refractivity contribution is -0.0705. The number of fused-ring (bicyclic) bond motifs is 1. The van der Waals surface area contributed by atoms with E-state index in [9.17, 15) is 4.79 Å². The fraction of sp³-hybridized carbons (Fsp3) is 0.609. The van der Waals surface area contributed by atoms with Crippen LogP contribution in [0.4, 0.5) is 11.6 Å². The Balaban J connectivity index is 1.58. The first-order valence-electron chi connectivity index (χ1n) is 11.3. The molecule has 0 radical (unpaired) electrons. The van der Waals surface area contributed by atoms with Crippen molar-refractivity contribution in [2.24, 2.45) is 4.99 Å². The molecule has 0 aliphatic carbocycles. The van der Waals surface area contributed by atoms with Crippen LogP contribution in [0.25, 0.3) is 0 Å². The van der Waals surface area contributed by atoms with Crippen molar-refractivity contribution < 1.29 is 4.74 Å². The van der Waals surface area contributed by atoms with Crippen molar-refractivity contribution >= 4 is 28.4 Å². The molecule has 2 fully saturated rings. The molecule has 31 heavy (non-hydrogen) atoms. The number of hydrogen-bond donors (Lipinski definition) is 1. The Morgan fingerprint density at radius 3 is 2.84 bits per heavy atom. The first kappa shape index (κ1) is 20.8. The van der Waals surface area contributed by atoms with Gasteiger partial charge in [-0.05, 0) is 58.9 Å². The molecule has 1 N–H and O–H groups in total. The zero-order chi connectivity index (χ0) is 21.6. The molecule has 2 aromatic rings. The molecule has 0 spiro atoms. The van der Waals surface area contributed by atoms with Gasteiger partial charge in [-0.25, -0.2) is 9.98 Å². The molecular weight excluding hydrogens is 410 g/mol. The molecule has 8 heteroatoms. The second kappa shape index (κ2) is 8.13. The molecule has 0 aromatic carbocycles. The lowest BCUT2D eigenvalue weighted by atomic mass is 9.94. The monoisotopic (exact) mass is 441 g/mol. The number of aromatic nitrogens is 3. The van der Waals surface area contributed by atoms with Gasteiger partial charge in [-0.1, -0.05) is 17.8 Å². The number of hydrogen-bond acceptors (Lipinski definition) is 6. The van der Waals surface area contributed by atoms with E-state index in [1.807, 2.05) is 23.9 Å². The van der Waals surface area contributed by atoms with Crippen molar-refractivity contribution in [2.45, 2.75) is 69.8 Å². The standard InChI is InChI=1S/C23H31N5O2S/c1-15-25-21-18(22(29)26-28(21)16-9-13-30-23(2,3)14-16)19(31-15)17-8-7-10-24-20(17)27-11-5-4-6-12-27/h7-8,10,16,19H,4-6,9,11-14H2,1-3H3,(H,26,29)/t16-,19-/m1/s1. The Morgan fingerprint density at radius 2 is 2.06 bits per heavy atom. The molecule has 7 nitrogen and oxygen atoms in total. The molecule has 3 aliphatic rings. The summed E-state index contributed by atoms with van der Waals surface area (Å²) in [6.45, 7) is 9.00. The highest BCUT2D eigenvalue weighted by molar-refractivity contribution is 8.14. The van der Waals surface area contributed by atoms with Gasteiger partial charge in [0.1, 0.15) is 5.82 Å². The topological polar surface area (TPSA) is 75.5 Å². The third-order valence-electron chi connectivity index (χ3n) is 6.54.